The fourth-order valence-electron chi connectivity index (χ4n) is 1.52. The Kier molecular flexibility index (Phi) is 4.03. The zero-order valence-electron chi connectivity index (χ0n) is 9.77. The van der Waals surface area contributed by atoms with Crippen LogP contribution in [0.1, 0.15) is 0 Å². The highest BCUT2D eigenvalue weighted by molar-refractivity contribution is 7.93. The molecular weight excluding hydrogens is 328 g/mol. The molecule has 0 atom stereocenters. The molecule has 0 aliphatic rings. The number of hydrogen-bond donors (Lipinski definition) is 2. The summed E-state index contributed by atoms with van der Waals surface area (Å²) in [6, 6.07) is 6.18. The van der Waals surface area contributed by atoms with Crippen LogP contribution in [0.4, 0.5) is 15.9 Å². The Bertz CT molecular complexity index is 745. The SMILES string of the molecule is Nc1cc(Cl)cc(Cl)c1S(=O)(=O)Nc1cccc(F)n1. The number of anilines is 2. The number of pyridine rings is 1. The molecule has 0 saturated carbocycles. The third kappa shape index (κ3) is 3.12. The van der Waals surface area contributed by atoms with Gasteiger partial charge < -0.3 is 5.73 Å². The Hall–Kier alpha value is -1.57. The summed E-state index contributed by atoms with van der Waals surface area (Å²) in [5.74, 6) is -1.00. The van der Waals surface area contributed by atoms with E-state index in [0.29, 0.717) is 0 Å². The van der Waals surface area contributed by atoms with Gasteiger partial charge >= 0.3 is 0 Å². The molecule has 0 bridgehead atoms. The van der Waals surface area contributed by atoms with Crippen molar-refractivity contribution in [2.75, 3.05) is 10.5 Å². The van der Waals surface area contributed by atoms with Gasteiger partial charge in [-0.25, -0.2) is 13.4 Å². The molecular formula is C11H8Cl2FN3O2S. The molecule has 0 amide bonds. The van der Waals surface area contributed by atoms with Gasteiger partial charge in [-0.1, -0.05) is 29.3 Å². The Morgan fingerprint density at radius 1 is 1.25 bits per heavy atom. The lowest BCUT2D eigenvalue weighted by Gasteiger charge is -2.11. The molecule has 0 spiro atoms. The van der Waals surface area contributed by atoms with Crippen LogP contribution in [0, 0.1) is 5.95 Å². The summed E-state index contributed by atoms with van der Waals surface area (Å²) in [7, 11) is -4.10. The van der Waals surface area contributed by atoms with Gasteiger partial charge in [-0.15, -0.1) is 0 Å². The lowest BCUT2D eigenvalue weighted by Crippen LogP contribution is -2.16. The molecule has 106 valence electrons. The third-order valence-electron chi connectivity index (χ3n) is 2.26. The van der Waals surface area contributed by atoms with E-state index in [2.05, 4.69) is 9.71 Å². The second-order valence-corrected chi connectivity index (χ2v) is 6.22. The molecule has 0 saturated heterocycles. The van der Waals surface area contributed by atoms with E-state index in [1.807, 2.05) is 0 Å². The first kappa shape index (κ1) is 14.8. The van der Waals surface area contributed by atoms with Gasteiger partial charge in [0.1, 0.15) is 10.7 Å². The van der Waals surface area contributed by atoms with Crippen LogP contribution in [0.5, 0.6) is 0 Å². The second-order valence-electron chi connectivity index (χ2n) is 3.76. The number of nitrogen functional groups attached to an aromatic ring is 1. The zero-order chi connectivity index (χ0) is 14.9. The molecule has 20 heavy (non-hydrogen) atoms. The third-order valence-corrected chi connectivity index (χ3v) is 4.36. The quantitative estimate of drug-likeness (QED) is 0.667. The van der Waals surface area contributed by atoms with Crippen molar-refractivity contribution in [1.29, 1.82) is 0 Å². The largest absolute Gasteiger partial charge is 0.398 e. The molecule has 0 fully saturated rings. The Morgan fingerprint density at radius 3 is 2.55 bits per heavy atom. The summed E-state index contributed by atoms with van der Waals surface area (Å²) in [4.78, 5) is 3.06. The van der Waals surface area contributed by atoms with Crippen LogP contribution < -0.4 is 10.5 Å². The minimum Gasteiger partial charge on any atom is -0.398 e. The summed E-state index contributed by atoms with van der Waals surface area (Å²) in [6.07, 6.45) is 0. The van der Waals surface area contributed by atoms with Gasteiger partial charge in [-0.3, -0.25) is 4.72 Å². The maximum absolute atomic E-state index is 12.9. The molecule has 0 radical (unpaired) electrons. The average molecular weight is 336 g/mol. The summed E-state index contributed by atoms with van der Waals surface area (Å²) in [5.41, 5.74) is 5.49. The lowest BCUT2D eigenvalue weighted by molar-refractivity contribution is 0.584. The Labute approximate surface area is 124 Å². The van der Waals surface area contributed by atoms with Crippen molar-refractivity contribution in [3.8, 4) is 0 Å². The van der Waals surface area contributed by atoms with Gasteiger partial charge in [0.25, 0.3) is 10.0 Å². The van der Waals surface area contributed by atoms with Gasteiger partial charge in [0, 0.05) is 5.02 Å². The van der Waals surface area contributed by atoms with Gasteiger partial charge in [-0.05, 0) is 24.3 Å². The van der Waals surface area contributed by atoms with Crippen LogP contribution in [0.2, 0.25) is 10.0 Å². The van der Waals surface area contributed by atoms with Crippen molar-refractivity contribution in [2.45, 2.75) is 4.90 Å². The minimum atomic E-state index is -4.10. The van der Waals surface area contributed by atoms with Gasteiger partial charge in [0.05, 0.1) is 10.7 Å². The number of sulfonamides is 1. The zero-order valence-corrected chi connectivity index (χ0v) is 12.1. The number of rotatable bonds is 3. The molecule has 1 heterocycles. The van der Waals surface area contributed by atoms with Crippen LogP contribution in [-0.4, -0.2) is 13.4 Å². The topological polar surface area (TPSA) is 85.1 Å². The summed E-state index contributed by atoms with van der Waals surface area (Å²) < 4.78 is 39.4. The van der Waals surface area contributed by atoms with Gasteiger partial charge in [-0.2, -0.15) is 4.39 Å². The highest BCUT2D eigenvalue weighted by atomic mass is 35.5. The summed E-state index contributed by atoms with van der Waals surface area (Å²) in [5, 5.41) is 0.0641. The van der Waals surface area contributed by atoms with E-state index in [0.717, 1.165) is 6.07 Å². The molecule has 3 N–H and O–H groups in total. The van der Waals surface area contributed by atoms with Crippen molar-refractivity contribution in [2.24, 2.45) is 0 Å². The summed E-state index contributed by atoms with van der Waals surface area (Å²) >= 11 is 11.6. The number of halogens is 3. The van der Waals surface area contributed by atoms with E-state index < -0.39 is 16.0 Å². The fraction of sp³-hybridized carbons (Fsp3) is 0. The first-order chi connectivity index (χ1) is 9.29. The van der Waals surface area contributed by atoms with Crippen molar-refractivity contribution in [1.82, 2.24) is 4.98 Å². The number of nitrogens with one attached hydrogen (secondary N) is 1. The van der Waals surface area contributed by atoms with E-state index >= 15 is 0 Å². The molecule has 2 aromatic rings. The predicted octanol–water partition coefficient (Wildman–Crippen LogP) is 2.91. The summed E-state index contributed by atoms with van der Waals surface area (Å²) in [6.45, 7) is 0. The van der Waals surface area contributed by atoms with Crippen molar-refractivity contribution < 1.29 is 12.8 Å². The van der Waals surface area contributed by atoms with E-state index in [1.165, 1.54) is 24.3 Å². The molecule has 5 nitrogen and oxygen atoms in total. The van der Waals surface area contributed by atoms with Crippen LogP contribution in [0.15, 0.2) is 35.2 Å². The first-order valence-electron chi connectivity index (χ1n) is 5.19. The van der Waals surface area contributed by atoms with E-state index in [9.17, 15) is 12.8 Å². The molecule has 0 aliphatic carbocycles. The average Bonchev–Trinajstić information content (AvgIpc) is 2.25. The number of nitrogens with two attached hydrogens (primary N) is 1. The molecule has 0 aliphatic heterocycles. The number of aromatic nitrogens is 1. The van der Waals surface area contributed by atoms with Crippen LogP contribution in [-0.2, 0) is 10.0 Å². The van der Waals surface area contributed by atoms with Crippen molar-refractivity contribution in [3.63, 3.8) is 0 Å². The molecule has 1 aromatic heterocycles. The van der Waals surface area contributed by atoms with Gasteiger partial charge in [0.2, 0.25) is 5.95 Å². The maximum Gasteiger partial charge on any atom is 0.266 e. The lowest BCUT2D eigenvalue weighted by atomic mass is 10.3. The van der Waals surface area contributed by atoms with Crippen LogP contribution in [0.25, 0.3) is 0 Å². The van der Waals surface area contributed by atoms with Crippen molar-refractivity contribution >= 4 is 44.7 Å². The molecule has 2 rings (SSSR count). The minimum absolute atomic E-state index is 0.119. The number of benzene rings is 1. The van der Waals surface area contributed by atoms with Crippen LogP contribution >= 0.6 is 23.2 Å². The second kappa shape index (κ2) is 5.43. The number of hydrogen-bond acceptors (Lipinski definition) is 4. The highest BCUT2D eigenvalue weighted by Crippen LogP contribution is 2.32. The van der Waals surface area contributed by atoms with Crippen LogP contribution in [0.3, 0.4) is 0 Å². The predicted molar refractivity (Wildman–Crippen MR) is 75.9 cm³/mol. The van der Waals surface area contributed by atoms with Crippen molar-refractivity contribution in [3.05, 3.63) is 46.3 Å². The van der Waals surface area contributed by atoms with E-state index in [1.54, 1.807) is 0 Å². The Balaban J connectivity index is 2.46. The number of nitrogens with zero attached hydrogens (tertiary/aromatic N) is 1. The normalized spacial score (nSPS) is 11.3. The Morgan fingerprint density at radius 2 is 1.95 bits per heavy atom. The smallest absolute Gasteiger partial charge is 0.266 e. The van der Waals surface area contributed by atoms with E-state index in [4.69, 9.17) is 28.9 Å². The monoisotopic (exact) mass is 335 g/mol. The fourth-order valence-corrected chi connectivity index (χ4v) is 3.51. The maximum atomic E-state index is 12.9. The highest BCUT2D eigenvalue weighted by Gasteiger charge is 2.22. The first-order valence-corrected chi connectivity index (χ1v) is 7.43. The standard InChI is InChI=1S/C11H8Cl2FN3O2S/c12-6-4-7(13)11(8(15)5-6)20(18,19)17-10-3-1-2-9(14)16-10/h1-5H,15H2,(H,16,17). The molecule has 9 heteroatoms. The molecule has 1 aromatic carbocycles. The van der Waals surface area contributed by atoms with E-state index in [-0.39, 0.29) is 26.4 Å². The molecule has 0 unspecified atom stereocenters. The van der Waals surface area contributed by atoms with Gasteiger partial charge in [0.15, 0.2) is 0 Å².